The van der Waals surface area contributed by atoms with E-state index in [0.29, 0.717) is 22.5 Å². The third-order valence-corrected chi connectivity index (χ3v) is 4.37. The molecule has 4 rings (SSSR count). The first kappa shape index (κ1) is 17.3. The summed E-state index contributed by atoms with van der Waals surface area (Å²) in [4.78, 5) is 23.6. The summed E-state index contributed by atoms with van der Waals surface area (Å²) in [5.74, 6) is 0.254. The monoisotopic (exact) mass is 376 g/mol. The number of halogens is 3. The van der Waals surface area contributed by atoms with Gasteiger partial charge in [-0.15, -0.1) is 13.2 Å². The minimum absolute atomic E-state index is 0.343. The van der Waals surface area contributed by atoms with Crippen molar-refractivity contribution in [2.45, 2.75) is 19.2 Å². The molecule has 0 atom stereocenters. The summed E-state index contributed by atoms with van der Waals surface area (Å²) < 4.78 is 41.9. The van der Waals surface area contributed by atoms with E-state index in [4.69, 9.17) is 0 Å². The predicted octanol–water partition coefficient (Wildman–Crippen LogP) is 3.28. The van der Waals surface area contributed by atoms with Crippen LogP contribution in [0.5, 0.6) is 5.75 Å². The zero-order chi connectivity index (χ0) is 19.0. The van der Waals surface area contributed by atoms with Crippen LogP contribution in [0.4, 0.5) is 19.1 Å². The van der Waals surface area contributed by atoms with Gasteiger partial charge in [0.05, 0.1) is 10.9 Å². The van der Waals surface area contributed by atoms with Crippen molar-refractivity contribution in [1.82, 2.24) is 14.5 Å². The Bertz CT molecular complexity index is 1030. The first-order valence-corrected chi connectivity index (χ1v) is 8.40. The highest BCUT2D eigenvalue weighted by Gasteiger charge is 2.31. The van der Waals surface area contributed by atoms with Crippen LogP contribution in [0.25, 0.3) is 16.6 Å². The fourth-order valence-electron chi connectivity index (χ4n) is 3.10. The molecule has 0 N–H and O–H groups in total. The highest BCUT2D eigenvalue weighted by molar-refractivity contribution is 5.78. The maximum absolute atomic E-state index is 12.7. The predicted molar refractivity (Wildman–Crippen MR) is 93.3 cm³/mol. The number of alkyl halides is 3. The Morgan fingerprint density at radius 1 is 1.04 bits per heavy atom. The normalized spacial score (nSPS) is 14.7. The molecular formula is C18H15F3N4O2. The number of pyridine rings is 1. The third-order valence-electron chi connectivity index (χ3n) is 4.37. The lowest BCUT2D eigenvalue weighted by Gasteiger charge is -2.15. The van der Waals surface area contributed by atoms with E-state index in [9.17, 15) is 18.0 Å². The molecule has 0 radical (unpaired) electrons. The molecule has 1 aliphatic rings. The van der Waals surface area contributed by atoms with Crippen LogP contribution >= 0.6 is 0 Å². The Labute approximate surface area is 151 Å². The van der Waals surface area contributed by atoms with Gasteiger partial charge in [0.25, 0.3) is 5.56 Å². The molecule has 27 heavy (non-hydrogen) atoms. The first-order chi connectivity index (χ1) is 12.9. The van der Waals surface area contributed by atoms with Gasteiger partial charge in [0, 0.05) is 31.2 Å². The van der Waals surface area contributed by atoms with Gasteiger partial charge in [-0.05, 0) is 43.2 Å². The van der Waals surface area contributed by atoms with E-state index >= 15 is 0 Å². The molecular weight excluding hydrogens is 361 g/mol. The van der Waals surface area contributed by atoms with Gasteiger partial charge in [0.15, 0.2) is 0 Å². The number of ether oxygens (including phenoxy) is 1. The van der Waals surface area contributed by atoms with Crippen molar-refractivity contribution in [3.63, 3.8) is 0 Å². The molecule has 2 aromatic heterocycles. The molecule has 9 heteroatoms. The number of benzene rings is 1. The Hall–Kier alpha value is -3.10. The molecule has 1 aromatic carbocycles. The van der Waals surface area contributed by atoms with E-state index in [2.05, 4.69) is 19.6 Å². The van der Waals surface area contributed by atoms with Crippen LogP contribution in [0.2, 0.25) is 0 Å². The molecule has 1 fully saturated rings. The summed E-state index contributed by atoms with van der Waals surface area (Å²) in [5.41, 5.74) is 0.607. The molecule has 3 aromatic rings. The van der Waals surface area contributed by atoms with Gasteiger partial charge in [0.1, 0.15) is 5.75 Å². The van der Waals surface area contributed by atoms with E-state index in [-0.39, 0.29) is 11.3 Å². The molecule has 1 saturated heterocycles. The van der Waals surface area contributed by atoms with Crippen molar-refractivity contribution in [3.8, 4) is 11.4 Å². The molecule has 0 aliphatic carbocycles. The molecule has 3 heterocycles. The van der Waals surface area contributed by atoms with Crippen LogP contribution in [-0.2, 0) is 0 Å². The summed E-state index contributed by atoms with van der Waals surface area (Å²) in [6.07, 6.45) is 0.473. The fourth-order valence-corrected chi connectivity index (χ4v) is 3.10. The number of nitrogens with zero attached hydrogens (tertiary/aromatic N) is 4. The van der Waals surface area contributed by atoms with Crippen molar-refractivity contribution in [2.75, 3.05) is 18.0 Å². The summed E-state index contributed by atoms with van der Waals surface area (Å²) in [5, 5.41) is 0.344. The lowest BCUT2D eigenvalue weighted by molar-refractivity contribution is -0.274. The van der Waals surface area contributed by atoms with E-state index < -0.39 is 6.36 Å². The lowest BCUT2D eigenvalue weighted by Crippen LogP contribution is -2.22. The van der Waals surface area contributed by atoms with Crippen molar-refractivity contribution in [3.05, 3.63) is 53.1 Å². The van der Waals surface area contributed by atoms with Gasteiger partial charge < -0.3 is 9.64 Å². The van der Waals surface area contributed by atoms with Crippen LogP contribution < -0.4 is 15.2 Å². The Morgan fingerprint density at radius 2 is 1.74 bits per heavy atom. The number of hydrogen-bond acceptors (Lipinski definition) is 5. The number of fused-ring (bicyclic) bond motifs is 1. The largest absolute Gasteiger partial charge is 0.573 e. The van der Waals surface area contributed by atoms with Gasteiger partial charge in [-0.25, -0.2) is 9.97 Å². The topological polar surface area (TPSA) is 60.2 Å². The number of rotatable bonds is 3. The summed E-state index contributed by atoms with van der Waals surface area (Å²) >= 11 is 0. The summed E-state index contributed by atoms with van der Waals surface area (Å²) in [7, 11) is 0. The van der Waals surface area contributed by atoms with E-state index in [0.717, 1.165) is 38.1 Å². The van der Waals surface area contributed by atoms with Gasteiger partial charge in [0.2, 0.25) is 5.95 Å². The molecule has 0 saturated carbocycles. The third kappa shape index (κ3) is 3.57. The summed E-state index contributed by atoms with van der Waals surface area (Å²) in [6, 6.07) is 6.78. The highest BCUT2D eigenvalue weighted by Crippen LogP contribution is 2.24. The second kappa shape index (κ2) is 6.57. The number of hydrogen-bond donors (Lipinski definition) is 0. The van der Waals surface area contributed by atoms with Crippen LogP contribution in [0, 0.1) is 0 Å². The van der Waals surface area contributed by atoms with Crippen molar-refractivity contribution in [2.24, 2.45) is 0 Å². The van der Waals surface area contributed by atoms with E-state index in [1.165, 1.54) is 22.9 Å². The molecule has 0 amide bonds. The smallest absolute Gasteiger partial charge is 0.406 e. The lowest BCUT2D eigenvalue weighted by atomic mass is 10.2. The fraction of sp³-hybridized carbons (Fsp3) is 0.278. The molecule has 0 spiro atoms. The zero-order valence-corrected chi connectivity index (χ0v) is 14.1. The van der Waals surface area contributed by atoms with Crippen LogP contribution in [-0.4, -0.2) is 34.0 Å². The Kier molecular flexibility index (Phi) is 4.21. The minimum Gasteiger partial charge on any atom is -0.406 e. The SMILES string of the molecule is O=c1c2cnc(N3CCCC3)nc2ccn1-c1ccc(OC(F)(F)F)cc1. The van der Waals surface area contributed by atoms with Gasteiger partial charge in [-0.1, -0.05) is 0 Å². The van der Waals surface area contributed by atoms with Gasteiger partial charge in [-0.2, -0.15) is 0 Å². The first-order valence-electron chi connectivity index (χ1n) is 8.40. The molecule has 0 unspecified atom stereocenters. The summed E-state index contributed by atoms with van der Waals surface area (Å²) in [6.45, 7) is 1.80. The maximum Gasteiger partial charge on any atom is 0.573 e. The minimum atomic E-state index is -4.76. The van der Waals surface area contributed by atoms with Crippen LogP contribution in [0.3, 0.4) is 0 Å². The highest BCUT2D eigenvalue weighted by atomic mass is 19.4. The molecule has 140 valence electrons. The maximum atomic E-state index is 12.7. The van der Waals surface area contributed by atoms with Crippen molar-refractivity contribution in [1.29, 1.82) is 0 Å². The van der Waals surface area contributed by atoms with Crippen molar-refractivity contribution < 1.29 is 17.9 Å². The van der Waals surface area contributed by atoms with E-state index in [1.54, 1.807) is 12.3 Å². The average molecular weight is 376 g/mol. The Morgan fingerprint density at radius 3 is 2.41 bits per heavy atom. The van der Waals surface area contributed by atoms with Gasteiger partial charge in [-0.3, -0.25) is 9.36 Å². The molecule has 0 bridgehead atoms. The standard InChI is InChI=1S/C18H15F3N4O2/c19-18(20,21)27-13-5-3-12(4-6-13)25-10-7-15-14(16(25)26)11-22-17(23-15)24-8-1-2-9-24/h3-7,10-11H,1-2,8-9H2. The quantitative estimate of drug-likeness (QED) is 0.702. The second-order valence-corrected chi connectivity index (χ2v) is 6.20. The van der Waals surface area contributed by atoms with Crippen LogP contribution in [0.1, 0.15) is 12.8 Å². The Balaban J connectivity index is 1.67. The average Bonchev–Trinajstić information content (AvgIpc) is 3.16. The second-order valence-electron chi connectivity index (χ2n) is 6.20. The van der Waals surface area contributed by atoms with Crippen LogP contribution in [0.15, 0.2) is 47.5 Å². The number of anilines is 1. The van der Waals surface area contributed by atoms with E-state index in [1.807, 2.05) is 0 Å². The van der Waals surface area contributed by atoms with Crippen molar-refractivity contribution >= 4 is 16.9 Å². The molecule has 6 nitrogen and oxygen atoms in total. The zero-order valence-electron chi connectivity index (χ0n) is 14.1. The van der Waals surface area contributed by atoms with Gasteiger partial charge >= 0.3 is 6.36 Å². The number of aromatic nitrogens is 3. The molecule has 1 aliphatic heterocycles.